The number of hydrogen-bond donors (Lipinski definition) is 9. The van der Waals surface area contributed by atoms with Gasteiger partial charge in [0.25, 0.3) is 5.91 Å². The Morgan fingerprint density at radius 3 is 2.33 bits per heavy atom. The van der Waals surface area contributed by atoms with E-state index < -0.39 is 58.0 Å². The van der Waals surface area contributed by atoms with E-state index in [1.807, 2.05) is 27.7 Å². The normalized spacial score (nSPS) is 27.1. The van der Waals surface area contributed by atoms with E-state index in [1.54, 1.807) is 6.07 Å². The number of fused-ring (bicyclic) bond motifs is 3. The van der Waals surface area contributed by atoms with Crippen molar-refractivity contribution in [1.82, 2.24) is 10.6 Å². The number of ketones is 2. The predicted octanol–water partition coefficient (Wildman–Crippen LogP) is 1.08. The van der Waals surface area contributed by atoms with Gasteiger partial charge in [-0.15, -0.1) is 0 Å². The molecule has 0 bridgehead atoms. The molecule has 232 valence electrons. The van der Waals surface area contributed by atoms with E-state index in [-0.39, 0.29) is 36.3 Å². The van der Waals surface area contributed by atoms with E-state index in [0.29, 0.717) is 22.7 Å². The Morgan fingerprint density at radius 1 is 1.12 bits per heavy atom. The molecular formula is C30H45N5O7. The molecule has 1 aliphatic heterocycles. The van der Waals surface area contributed by atoms with Gasteiger partial charge in [-0.2, -0.15) is 0 Å². The van der Waals surface area contributed by atoms with Gasteiger partial charge in [0.05, 0.1) is 11.6 Å². The molecule has 12 heteroatoms. The van der Waals surface area contributed by atoms with E-state index in [2.05, 4.69) is 10.6 Å². The van der Waals surface area contributed by atoms with Crippen molar-refractivity contribution in [1.29, 1.82) is 0 Å². The van der Waals surface area contributed by atoms with Crippen molar-refractivity contribution < 1.29 is 34.8 Å². The highest BCUT2D eigenvalue weighted by molar-refractivity contribution is 6.24. The Morgan fingerprint density at radius 2 is 1.74 bits per heavy atom. The highest BCUT2D eigenvalue weighted by Gasteiger charge is 2.63. The predicted molar refractivity (Wildman–Crippen MR) is 159 cm³/mol. The molecule has 0 radical (unpaired) electrons. The maximum absolute atomic E-state index is 13.7. The van der Waals surface area contributed by atoms with Crippen LogP contribution >= 0.6 is 0 Å². The molecule has 1 aromatic carbocycles. The summed E-state index contributed by atoms with van der Waals surface area (Å²) >= 11 is 0. The van der Waals surface area contributed by atoms with Gasteiger partial charge in [0.2, 0.25) is 5.78 Å². The molecule has 4 aliphatic rings. The van der Waals surface area contributed by atoms with Crippen LogP contribution in [0.2, 0.25) is 0 Å². The maximum Gasteiger partial charge on any atom is 0.255 e. The average Bonchev–Trinajstić information content (AvgIpc) is 2.98. The van der Waals surface area contributed by atoms with Crippen LogP contribution in [-0.2, 0) is 27.3 Å². The first-order valence-electron chi connectivity index (χ1n) is 14.8. The third-order valence-corrected chi connectivity index (χ3v) is 8.57. The first kappa shape index (κ1) is 33.1. The number of anilines is 1. The lowest BCUT2D eigenvalue weighted by Crippen LogP contribution is -2.65. The number of nitrogen functional groups attached to an aromatic ring is 1. The second-order valence-corrected chi connectivity index (χ2v) is 10.7. The van der Waals surface area contributed by atoms with Gasteiger partial charge in [-0.1, -0.05) is 27.7 Å². The highest BCUT2D eigenvalue weighted by Crippen LogP contribution is 2.52. The molecule has 2 fully saturated rings. The van der Waals surface area contributed by atoms with Crippen molar-refractivity contribution in [3.8, 4) is 5.75 Å². The quantitative estimate of drug-likeness (QED) is 0.134. The second kappa shape index (κ2) is 13.2. The number of primary amides is 1. The van der Waals surface area contributed by atoms with Gasteiger partial charge in [-0.05, 0) is 68.8 Å². The van der Waals surface area contributed by atoms with Crippen LogP contribution in [-0.4, -0.2) is 69.2 Å². The number of nitrogens with two attached hydrogens (primary N) is 3. The van der Waals surface area contributed by atoms with E-state index in [1.165, 1.54) is 0 Å². The van der Waals surface area contributed by atoms with Crippen molar-refractivity contribution in [2.24, 2.45) is 29.2 Å². The zero-order valence-electron chi connectivity index (χ0n) is 24.8. The smallest absolute Gasteiger partial charge is 0.255 e. The number of aliphatic hydroxyl groups is 3. The fourth-order valence-corrected chi connectivity index (χ4v) is 6.50. The number of hydrogen-bond acceptors (Lipinski definition) is 11. The van der Waals surface area contributed by atoms with Crippen LogP contribution < -0.4 is 27.8 Å². The van der Waals surface area contributed by atoms with Crippen LogP contribution in [0.3, 0.4) is 0 Å². The number of piperidine rings is 1. The lowest BCUT2D eigenvalue weighted by molar-refractivity contribution is -0.149. The molecule has 2 unspecified atom stereocenters. The number of amides is 1. The molecule has 1 saturated heterocycles. The fourth-order valence-electron chi connectivity index (χ4n) is 6.50. The first-order chi connectivity index (χ1) is 20.0. The first-order valence-corrected chi connectivity index (χ1v) is 14.8. The summed E-state index contributed by atoms with van der Waals surface area (Å²) in [5.74, 6) is -6.85. The summed E-state index contributed by atoms with van der Waals surface area (Å²) in [5.41, 5.74) is 14.9. The monoisotopic (exact) mass is 587 g/mol. The van der Waals surface area contributed by atoms with E-state index >= 15 is 0 Å². The van der Waals surface area contributed by atoms with Gasteiger partial charge in [0, 0.05) is 29.3 Å². The third kappa shape index (κ3) is 5.39. The molecule has 1 heterocycles. The molecular weight excluding hydrogens is 542 g/mol. The summed E-state index contributed by atoms with van der Waals surface area (Å²) in [6.45, 7) is 10.9. The molecule has 12 nitrogen and oxygen atoms in total. The largest absolute Gasteiger partial charge is 0.508 e. The zero-order chi connectivity index (χ0) is 31.5. The van der Waals surface area contributed by atoms with Crippen molar-refractivity contribution in [3.63, 3.8) is 0 Å². The average molecular weight is 588 g/mol. The van der Waals surface area contributed by atoms with Gasteiger partial charge in [-0.3, -0.25) is 14.4 Å². The Kier molecular flexibility index (Phi) is 10.4. The molecule has 1 saturated carbocycles. The van der Waals surface area contributed by atoms with Crippen LogP contribution in [0.15, 0.2) is 23.0 Å². The highest BCUT2D eigenvalue weighted by atomic mass is 16.3. The van der Waals surface area contributed by atoms with Crippen LogP contribution in [0.4, 0.5) is 5.69 Å². The fraction of sp³-hybridized carbons (Fsp3) is 0.567. The number of aromatic hydroxyl groups is 1. The summed E-state index contributed by atoms with van der Waals surface area (Å²) in [7, 11) is 0. The third-order valence-electron chi connectivity index (χ3n) is 8.57. The lowest BCUT2D eigenvalue weighted by atomic mass is 9.58. The SMILES string of the molecule is CC.CC.NC(=O)C1=C(O)[C@@]2(O)C(=O)C3=C(O)c4c(O)c(CNCC5CCNCC5)cc(N)c4CC3C[C@H]2C(N)C1=O. The Labute approximate surface area is 246 Å². The van der Waals surface area contributed by atoms with Crippen LogP contribution in [0.1, 0.15) is 63.6 Å². The maximum atomic E-state index is 13.7. The minimum Gasteiger partial charge on any atom is -0.508 e. The van der Waals surface area contributed by atoms with Crippen molar-refractivity contribution in [2.75, 3.05) is 25.4 Å². The minimum atomic E-state index is -2.73. The van der Waals surface area contributed by atoms with E-state index in [9.17, 15) is 34.8 Å². The molecule has 0 aromatic heterocycles. The molecule has 1 amide bonds. The van der Waals surface area contributed by atoms with Gasteiger partial charge < -0.3 is 48.3 Å². The number of Topliss-reactive ketones (excluding diaryl/α,β-unsaturated/α-hetero) is 2. The van der Waals surface area contributed by atoms with E-state index in [4.69, 9.17) is 17.2 Å². The summed E-state index contributed by atoms with van der Waals surface area (Å²) in [6.07, 6.45) is 2.15. The molecule has 5 rings (SSSR count). The second-order valence-electron chi connectivity index (χ2n) is 10.7. The van der Waals surface area contributed by atoms with E-state index in [0.717, 1.165) is 32.5 Å². The number of phenols is 1. The number of rotatable bonds is 5. The van der Waals surface area contributed by atoms with Gasteiger partial charge in [0.15, 0.2) is 11.4 Å². The standard InChI is InChI=1S/C26H33N5O7.2C2H6/c27-15-7-12(9-31-8-10-1-3-30-4-2-10)20(32)17-13(15)5-11-6-14-19(28)22(34)18(25(29)37)24(36)26(14,38)23(35)16(11)21(17)33;2*1-2/h7,10-11,14,19,30-33,36,38H,1-6,8-9,27-28H2,(H2,29,37);2*1-2H3/t11?,14-,19?,26-;;/m0../s1. The van der Waals surface area contributed by atoms with Crippen molar-refractivity contribution in [2.45, 2.75) is 71.6 Å². The summed E-state index contributed by atoms with van der Waals surface area (Å²) in [4.78, 5) is 38.2. The molecule has 4 atom stereocenters. The molecule has 42 heavy (non-hydrogen) atoms. The minimum absolute atomic E-state index is 0.0138. The Balaban J connectivity index is 0.00000116. The number of nitrogens with one attached hydrogen (secondary N) is 2. The number of carbonyl (C=O) groups excluding carboxylic acids is 3. The van der Waals surface area contributed by atoms with Crippen LogP contribution in [0.5, 0.6) is 5.75 Å². The number of benzene rings is 1. The Bertz CT molecular complexity index is 1300. The van der Waals surface area contributed by atoms with Gasteiger partial charge in [0.1, 0.15) is 22.8 Å². The van der Waals surface area contributed by atoms with Crippen LogP contribution in [0.25, 0.3) is 5.76 Å². The van der Waals surface area contributed by atoms with Crippen LogP contribution in [0, 0.1) is 17.8 Å². The van der Waals surface area contributed by atoms with Crippen molar-refractivity contribution in [3.05, 3.63) is 39.7 Å². The zero-order valence-corrected chi connectivity index (χ0v) is 24.8. The topological polar surface area (TPSA) is 234 Å². The van der Waals surface area contributed by atoms with Gasteiger partial charge in [-0.25, -0.2) is 0 Å². The molecule has 3 aliphatic carbocycles. The lowest BCUT2D eigenvalue weighted by Gasteiger charge is -2.48. The Hall–Kier alpha value is -3.45. The number of aliphatic hydroxyl groups excluding tert-OH is 2. The molecule has 12 N–H and O–H groups in total. The molecule has 0 spiro atoms. The number of carbonyl (C=O) groups is 3. The van der Waals surface area contributed by atoms with Crippen molar-refractivity contribution >= 4 is 28.9 Å². The summed E-state index contributed by atoms with van der Waals surface area (Å²) in [5, 5.41) is 51.2. The summed E-state index contributed by atoms with van der Waals surface area (Å²) in [6, 6.07) is 0.151. The summed E-state index contributed by atoms with van der Waals surface area (Å²) < 4.78 is 0. The van der Waals surface area contributed by atoms with Gasteiger partial charge >= 0.3 is 0 Å². The number of phenolic OH excluding ortho intramolecular Hbond substituents is 1. The molecule has 1 aromatic rings.